The number of carbonyl (C=O) groups excluding carboxylic acids is 2. The number of hydrogen-bond donors (Lipinski definition) is 2. The monoisotopic (exact) mass is 231 g/mol. The van der Waals surface area contributed by atoms with Crippen molar-refractivity contribution in [2.24, 2.45) is 5.73 Å². The number of primary amides is 1. The minimum atomic E-state index is -0.536. The van der Waals surface area contributed by atoms with Crippen LogP contribution in [-0.2, 0) is 4.79 Å². The molecular weight excluding hydrogens is 218 g/mol. The van der Waals surface area contributed by atoms with E-state index < -0.39 is 11.9 Å². The molecule has 1 aromatic rings. The molecule has 1 aliphatic rings. The molecule has 0 spiro atoms. The summed E-state index contributed by atoms with van der Waals surface area (Å²) in [5, 5.41) is 2.73. The van der Waals surface area contributed by atoms with E-state index >= 15 is 0 Å². The molecule has 5 heteroatoms. The lowest BCUT2D eigenvalue weighted by molar-refractivity contribution is -0.115. The van der Waals surface area contributed by atoms with Crippen molar-refractivity contribution in [3.8, 4) is 0 Å². The molecule has 1 aromatic carbocycles. The summed E-state index contributed by atoms with van der Waals surface area (Å²) in [5.41, 5.74) is 6.52. The molecule has 1 atom stereocenters. The number of hydrogen-bond acceptors (Lipinski definition) is 2. The van der Waals surface area contributed by atoms with E-state index in [2.05, 4.69) is 5.32 Å². The second kappa shape index (κ2) is 4.29. The highest BCUT2D eigenvalue weighted by molar-refractivity contribution is 5.96. The molecule has 88 valence electrons. The predicted octanol–water partition coefficient (Wildman–Crippen LogP) is 0.752. The van der Waals surface area contributed by atoms with Crippen molar-refractivity contribution in [1.82, 2.24) is 10.2 Å². The summed E-state index contributed by atoms with van der Waals surface area (Å²) in [7, 11) is 1.57. The second-order valence-electron chi connectivity index (χ2n) is 3.85. The van der Waals surface area contributed by atoms with E-state index in [1.807, 2.05) is 30.3 Å². The van der Waals surface area contributed by atoms with Crippen LogP contribution in [0.2, 0.25) is 0 Å². The summed E-state index contributed by atoms with van der Waals surface area (Å²) in [6.45, 7) is 0. The van der Waals surface area contributed by atoms with Gasteiger partial charge in [0, 0.05) is 13.2 Å². The van der Waals surface area contributed by atoms with Crippen LogP contribution in [0.4, 0.5) is 4.79 Å². The molecule has 3 amide bonds. The Bertz CT molecular complexity index is 482. The fraction of sp³-hybridized carbons (Fsp3) is 0.167. The van der Waals surface area contributed by atoms with Crippen LogP contribution in [0.5, 0.6) is 0 Å². The van der Waals surface area contributed by atoms with Gasteiger partial charge >= 0.3 is 6.03 Å². The first-order valence-corrected chi connectivity index (χ1v) is 5.19. The molecule has 0 saturated carbocycles. The number of rotatable bonds is 2. The maximum atomic E-state index is 11.6. The van der Waals surface area contributed by atoms with Crippen LogP contribution in [0, 0.1) is 0 Å². The molecule has 2 rings (SSSR count). The lowest BCUT2D eigenvalue weighted by Gasteiger charge is -2.29. The highest BCUT2D eigenvalue weighted by Gasteiger charge is 2.28. The van der Waals surface area contributed by atoms with Gasteiger partial charge in [-0.3, -0.25) is 4.79 Å². The van der Waals surface area contributed by atoms with Gasteiger partial charge in [-0.2, -0.15) is 0 Å². The van der Waals surface area contributed by atoms with Crippen molar-refractivity contribution >= 4 is 11.9 Å². The minimum absolute atomic E-state index is 0.260. The Balaban J connectivity index is 2.42. The number of amides is 3. The van der Waals surface area contributed by atoms with E-state index in [1.165, 1.54) is 11.1 Å². The minimum Gasteiger partial charge on any atom is -0.366 e. The van der Waals surface area contributed by atoms with E-state index in [1.54, 1.807) is 7.05 Å². The first-order chi connectivity index (χ1) is 8.09. The molecule has 0 aliphatic carbocycles. The zero-order chi connectivity index (χ0) is 12.4. The standard InChI is InChI=1S/C12H13N3O2/c1-15-7-9(11(13)16)10(14-12(15)17)8-5-3-2-4-6-8/h2-7,10H,1H3,(H2,13,16)(H,14,17). The molecule has 0 aromatic heterocycles. The van der Waals surface area contributed by atoms with Crippen molar-refractivity contribution in [1.29, 1.82) is 0 Å². The maximum Gasteiger partial charge on any atom is 0.321 e. The van der Waals surface area contributed by atoms with E-state index in [-0.39, 0.29) is 6.03 Å². The van der Waals surface area contributed by atoms with Gasteiger partial charge in [0.2, 0.25) is 5.91 Å². The van der Waals surface area contributed by atoms with Crippen molar-refractivity contribution in [3.63, 3.8) is 0 Å². The van der Waals surface area contributed by atoms with Crippen molar-refractivity contribution in [2.45, 2.75) is 6.04 Å². The van der Waals surface area contributed by atoms with Gasteiger partial charge in [-0.1, -0.05) is 30.3 Å². The molecule has 17 heavy (non-hydrogen) atoms. The van der Waals surface area contributed by atoms with Gasteiger partial charge in [-0.15, -0.1) is 0 Å². The lowest BCUT2D eigenvalue weighted by atomic mass is 9.97. The van der Waals surface area contributed by atoms with Crippen LogP contribution in [0.1, 0.15) is 11.6 Å². The maximum absolute atomic E-state index is 11.6. The zero-order valence-corrected chi connectivity index (χ0v) is 9.38. The molecule has 0 bridgehead atoms. The van der Waals surface area contributed by atoms with Crippen molar-refractivity contribution < 1.29 is 9.59 Å². The van der Waals surface area contributed by atoms with Crippen LogP contribution in [0.3, 0.4) is 0 Å². The van der Waals surface area contributed by atoms with Crippen LogP contribution < -0.4 is 11.1 Å². The Labute approximate surface area is 98.9 Å². The van der Waals surface area contributed by atoms with Crippen molar-refractivity contribution in [2.75, 3.05) is 7.05 Å². The number of carbonyl (C=O) groups is 2. The van der Waals surface area contributed by atoms with Crippen LogP contribution >= 0.6 is 0 Å². The van der Waals surface area contributed by atoms with E-state index in [0.717, 1.165) is 5.56 Å². The Kier molecular flexibility index (Phi) is 2.82. The molecule has 1 unspecified atom stereocenters. The van der Waals surface area contributed by atoms with Gasteiger partial charge in [0.25, 0.3) is 0 Å². The van der Waals surface area contributed by atoms with E-state index in [0.29, 0.717) is 5.57 Å². The second-order valence-corrected chi connectivity index (χ2v) is 3.85. The Morgan fingerprint density at radius 2 is 2.00 bits per heavy atom. The average Bonchev–Trinajstić information content (AvgIpc) is 2.33. The third-order valence-electron chi connectivity index (χ3n) is 2.65. The van der Waals surface area contributed by atoms with E-state index in [9.17, 15) is 9.59 Å². The van der Waals surface area contributed by atoms with Gasteiger partial charge in [-0.05, 0) is 5.56 Å². The van der Waals surface area contributed by atoms with Gasteiger partial charge in [0.15, 0.2) is 0 Å². The van der Waals surface area contributed by atoms with Crippen LogP contribution in [0.15, 0.2) is 42.1 Å². The number of nitrogens with one attached hydrogen (secondary N) is 1. The largest absolute Gasteiger partial charge is 0.366 e. The first kappa shape index (κ1) is 11.2. The first-order valence-electron chi connectivity index (χ1n) is 5.19. The van der Waals surface area contributed by atoms with Crippen LogP contribution in [-0.4, -0.2) is 23.9 Å². The molecule has 0 saturated heterocycles. The third kappa shape index (κ3) is 2.13. The summed E-state index contributed by atoms with van der Waals surface area (Å²) in [6.07, 6.45) is 1.47. The number of nitrogens with zero attached hydrogens (tertiary/aromatic N) is 1. The zero-order valence-electron chi connectivity index (χ0n) is 9.38. The Morgan fingerprint density at radius 3 is 2.59 bits per heavy atom. The van der Waals surface area contributed by atoms with Gasteiger partial charge in [0.05, 0.1) is 11.6 Å². The third-order valence-corrected chi connectivity index (χ3v) is 2.65. The summed E-state index contributed by atoms with van der Waals surface area (Å²) in [4.78, 5) is 24.2. The summed E-state index contributed by atoms with van der Waals surface area (Å²) in [6, 6.07) is 8.51. The SMILES string of the molecule is CN1C=C(C(N)=O)C(c2ccccc2)NC1=O. The van der Waals surface area contributed by atoms with Crippen molar-refractivity contribution in [3.05, 3.63) is 47.7 Å². The Morgan fingerprint density at radius 1 is 1.35 bits per heavy atom. The molecule has 0 fully saturated rings. The normalized spacial score (nSPS) is 19.6. The van der Waals surface area contributed by atoms with Crippen LogP contribution in [0.25, 0.3) is 0 Å². The molecule has 3 N–H and O–H groups in total. The van der Waals surface area contributed by atoms with E-state index in [4.69, 9.17) is 5.73 Å². The smallest absolute Gasteiger partial charge is 0.321 e. The Hall–Kier alpha value is -2.30. The molecule has 1 heterocycles. The predicted molar refractivity (Wildman–Crippen MR) is 62.8 cm³/mol. The fourth-order valence-electron chi connectivity index (χ4n) is 1.76. The van der Waals surface area contributed by atoms with Gasteiger partial charge in [-0.25, -0.2) is 4.79 Å². The van der Waals surface area contributed by atoms with Gasteiger partial charge < -0.3 is 16.0 Å². The molecule has 1 aliphatic heterocycles. The topological polar surface area (TPSA) is 75.4 Å². The number of nitrogens with two attached hydrogens (primary N) is 1. The highest BCUT2D eigenvalue weighted by Crippen LogP contribution is 2.24. The number of benzene rings is 1. The average molecular weight is 231 g/mol. The summed E-state index contributed by atoms with van der Waals surface area (Å²) < 4.78 is 0. The molecule has 0 radical (unpaired) electrons. The fourth-order valence-corrected chi connectivity index (χ4v) is 1.76. The summed E-state index contributed by atoms with van der Waals surface area (Å²) in [5.74, 6) is -0.536. The van der Waals surface area contributed by atoms with Gasteiger partial charge in [0.1, 0.15) is 0 Å². The lowest BCUT2D eigenvalue weighted by Crippen LogP contribution is -2.44. The summed E-state index contributed by atoms with van der Waals surface area (Å²) >= 11 is 0. The molecule has 5 nitrogen and oxygen atoms in total. The molecular formula is C12H13N3O2. The quantitative estimate of drug-likeness (QED) is 0.788. The number of urea groups is 1. The highest BCUT2D eigenvalue weighted by atomic mass is 16.2.